The number of hydrogen-bond acceptors (Lipinski definition) is 5. The molecular weight excluding hydrogens is 342 g/mol. The van der Waals surface area contributed by atoms with Gasteiger partial charge in [-0.15, -0.1) is 11.3 Å². The van der Waals surface area contributed by atoms with Crippen molar-refractivity contribution in [3.05, 3.63) is 26.6 Å². The van der Waals surface area contributed by atoms with Gasteiger partial charge in [-0.3, -0.25) is 14.4 Å². The number of hydrogen-bond donors (Lipinski definition) is 3. The first-order valence-electron chi connectivity index (χ1n) is 8.36. The Balaban J connectivity index is 1.79. The van der Waals surface area contributed by atoms with Crippen LogP contribution in [0.4, 0.5) is 0 Å². The summed E-state index contributed by atoms with van der Waals surface area (Å²) in [4.78, 5) is 43.4. The van der Waals surface area contributed by atoms with Gasteiger partial charge in [0, 0.05) is 30.7 Å². The third-order valence-corrected chi connectivity index (χ3v) is 5.17. The summed E-state index contributed by atoms with van der Waals surface area (Å²) in [6.07, 6.45) is 2.95. The van der Waals surface area contributed by atoms with Crippen LogP contribution < -0.4 is 10.9 Å². The number of aryl methyl sites for hydroxylation is 3. The van der Waals surface area contributed by atoms with Gasteiger partial charge in [0.05, 0.1) is 5.39 Å². The van der Waals surface area contributed by atoms with E-state index in [-0.39, 0.29) is 24.3 Å². The van der Waals surface area contributed by atoms with Crippen molar-refractivity contribution in [2.75, 3.05) is 6.54 Å². The molecule has 0 aliphatic rings. The lowest BCUT2D eigenvalue weighted by atomic mass is 10.2. The number of carboxylic acids is 1. The fraction of sp³-hybridized carbons (Fsp3) is 0.529. The third kappa shape index (κ3) is 5.38. The van der Waals surface area contributed by atoms with E-state index in [0.717, 1.165) is 23.3 Å². The van der Waals surface area contributed by atoms with Crippen molar-refractivity contribution in [1.82, 2.24) is 15.3 Å². The van der Waals surface area contributed by atoms with E-state index in [1.165, 1.54) is 11.3 Å². The topological polar surface area (TPSA) is 112 Å². The van der Waals surface area contributed by atoms with Gasteiger partial charge in [0.1, 0.15) is 10.7 Å². The summed E-state index contributed by atoms with van der Waals surface area (Å²) in [5.41, 5.74) is 0.807. The molecule has 0 unspecified atom stereocenters. The SMILES string of the molecule is Cc1sc2nc(CCC(=O)NCCCCCC(=O)O)[nH]c(=O)c2c1C. The van der Waals surface area contributed by atoms with Crippen molar-refractivity contribution in [2.45, 2.75) is 52.4 Å². The van der Waals surface area contributed by atoms with Crippen LogP contribution in [0, 0.1) is 13.8 Å². The van der Waals surface area contributed by atoms with Gasteiger partial charge < -0.3 is 15.4 Å². The number of nitrogens with one attached hydrogen (secondary N) is 2. The van der Waals surface area contributed by atoms with Crippen LogP contribution in [0.5, 0.6) is 0 Å². The minimum Gasteiger partial charge on any atom is -0.481 e. The number of aliphatic carboxylic acids is 1. The summed E-state index contributed by atoms with van der Waals surface area (Å²) in [5.74, 6) is -0.367. The van der Waals surface area contributed by atoms with Crippen molar-refractivity contribution in [2.24, 2.45) is 0 Å². The standard InChI is InChI=1S/C17H23N3O4S/c1-10-11(2)25-17-15(10)16(24)19-12(20-17)7-8-13(21)18-9-5-3-4-6-14(22)23/h3-9H2,1-2H3,(H,18,21)(H,22,23)(H,19,20,24). The van der Waals surface area contributed by atoms with Crippen molar-refractivity contribution in [1.29, 1.82) is 0 Å². The maximum absolute atomic E-state index is 12.2. The first-order chi connectivity index (χ1) is 11.9. The Bertz CT molecular complexity index is 825. The fourth-order valence-electron chi connectivity index (χ4n) is 2.54. The van der Waals surface area contributed by atoms with Crippen LogP contribution in [0.15, 0.2) is 4.79 Å². The van der Waals surface area contributed by atoms with E-state index in [1.807, 2.05) is 13.8 Å². The second kappa shape index (κ2) is 8.75. The van der Waals surface area contributed by atoms with Crippen LogP contribution in [-0.4, -0.2) is 33.5 Å². The molecule has 25 heavy (non-hydrogen) atoms. The highest BCUT2D eigenvalue weighted by Gasteiger charge is 2.12. The number of rotatable bonds is 9. The summed E-state index contributed by atoms with van der Waals surface area (Å²) in [6, 6.07) is 0. The molecule has 0 aliphatic carbocycles. The molecule has 1 amide bonds. The van der Waals surface area contributed by atoms with E-state index in [0.29, 0.717) is 35.4 Å². The maximum atomic E-state index is 12.2. The molecule has 2 rings (SSSR count). The molecule has 7 nitrogen and oxygen atoms in total. The predicted molar refractivity (Wildman–Crippen MR) is 97.1 cm³/mol. The van der Waals surface area contributed by atoms with Crippen LogP contribution in [-0.2, 0) is 16.0 Å². The van der Waals surface area contributed by atoms with E-state index < -0.39 is 5.97 Å². The molecule has 8 heteroatoms. The van der Waals surface area contributed by atoms with Gasteiger partial charge in [-0.05, 0) is 32.3 Å². The average Bonchev–Trinajstić information content (AvgIpc) is 2.83. The normalized spacial score (nSPS) is 11.0. The number of unbranched alkanes of at least 4 members (excludes halogenated alkanes) is 2. The number of carboxylic acid groups (broad SMARTS) is 1. The van der Waals surface area contributed by atoms with Crippen molar-refractivity contribution >= 4 is 33.4 Å². The summed E-state index contributed by atoms with van der Waals surface area (Å²) in [7, 11) is 0. The Morgan fingerprint density at radius 3 is 2.68 bits per heavy atom. The molecule has 2 heterocycles. The molecule has 0 spiro atoms. The number of aromatic nitrogens is 2. The second-order valence-corrected chi connectivity index (χ2v) is 7.23. The lowest BCUT2D eigenvalue weighted by Crippen LogP contribution is -2.25. The second-order valence-electron chi connectivity index (χ2n) is 6.03. The van der Waals surface area contributed by atoms with Gasteiger partial charge in [0.25, 0.3) is 5.56 Å². The highest BCUT2D eigenvalue weighted by molar-refractivity contribution is 7.18. The number of carbonyl (C=O) groups excluding carboxylic acids is 1. The van der Waals surface area contributed by atoms with Crippen molar-refractivity contribution in [3.63, 3.8) is 0 Å². The highest BCUT2D eigenvalue weighted by atomic mass is 32.1. The number of fused-ring (bicyclic) bond motifs is 1. The molecule has 2 aromatic heterocycles. The minimum absolute atomic E-state index is 0.0977. The molecule has 2 aromatic rings. The smallest absolute Gasteiger partial charge is 0.303 e. The van der Waals surface area contributed by atoms with Crippen LogP contribution in [0.25, 0.3) is 10.2 Å². The van der Waals surface area contributed by atoms with Crippen LogP contribution >= 0.6 is 11.3 Å². The predicted octanol–water partition coefficient (Wildman–Crippen LogP) is 2.30. The van der Waals surface area contributed by atoms with Crippen molar-refractivity contribution in [3.8, 4) is 0 Å². The first kappa shape index (κ1) is 19.1. The maximum Gasteiger partial charge on any atom is 0.303 e. The minimum atomic E-state index is -0.793. The molecule has 0 saturated heterocycles. The Morgan fingerprint density at radius 1 is 1.20 bits per heavy atom. The fourth-order valence-corrected chi connectivity index (χ4v) is 3.59. The molecular formula is C17H23N3O4S. The summed E-state index contributed by atoms with van der Waals surface area (Å²) in [6.45, 7) is 4.41. The number of nitrogens with zero attached hydrogens (tertiary/aromatic N) is 1. The molecule has 0 saturated carbocycles. The summed E-state index contributed by atoms with van der Waals surface area (Å²) < 4.78 is 0. The molecule has 136 valence electrons. The Hall–Kier alpha value is -2.22. The third-order valence-electron chi connectivity index (χ3n) is 4.07. The average molecular weight is 365 g/mol. The van der Waals surface area contributed by atoms with E-state index in [1.54, 1.807) is 0 Å². The van der Waals surface area contributed by atoms with Gasteiger partial charge in [0.2, 0.25) is 5.91 Å². The van der Waals surface area contributed by atoms with E-state index in [2.05, 4.69) is 15.3 Å². The van der Waals surface area contributed by atoms with Crippen molar-refractivity contribution < 1.29 is 14.7 Å². The Morgan fingerprint density at radius 2 is 1.96 bits per heavy atom. The molecule has 0 aromatic carbocycles. The molecule has 0 aliphatic heterocycles. The summed E-state index contributed by atoms with van der Waals surface area (Å²) in [5, 5.41) is 12.0. The number of carbonyl (C=O) groups is 2. The molecule has 0 bridgehead atoms. The van der Waals surface area contributed by atoms with Gasteiger partial charge >= 0.3 is 5.97 Å². The number of thiophene rings is 1. The quantitative estimate of drug-likeness (QED) is 0.590. The van der Waals surface area contributed by atoms with Crippen LogP contribution in [0.1, 0.15) is 48.4 Å². The molecule has 3 N–H and O–H groups in total. The summed E-state index contributed by atoms with van der Waals surface area (Å²) >= 11 is 1.49. The van der Waals surface area contributed by atoms with E-state index >= 15 is 0 Å². The lowest BCUT2D eigenvalue weighted by molar-refractivity contribution is -0.137. The monoisotopic (exact) mass is 365 g/mol. The van der Waals surface area contributed by atoms with Gasteiger partial charge in [-0.2, -0.15) is 0 Å². The largest absolute Gasteiger partial charge is 0.481 e. The first-order valence-corrected chi connectivity index (χ1v) is 9.17. The molecule has 0 radical (unpaired) electrons. The zero-order chi connectivity index (χ0) is 18.4. The molecule has 0 atom stereocenters. The van der Waals surface area contributed by atoms with Gasteiger partial charge in [-0.25, -0.2) is 4.98 Å². The Labute approximate surface area is 149 Å². The number of H-pyrrole nitrogens is 1. The zero-order valence-corrected chi connectivity index (χ0v) is 15.3. The van der Waals surface area contributed by atoms with Crippen LogP contribution in [0.3, 0.4) is 0 Å². The number of amides is 1. The van der Waals surface area contributed by atoms with E-state index in [4.69, 9.17) is 5.11 Å². The molecule has 0 fully saturated rings. The number of aromatic amines is 1. The van der Waals surface area contributed by atoms with Crippen LogP contribution in [0.2, 0.25) is 0 Å². The highest BCUT2D eigenvalue weighted by Crippen LogP contribution is 2.25. The van der Waals surface area contributed by atoms with Gasteiger partial charge in [-0.1, -0.05) is 6.42 Å². The zero-order valence-electron chi connectivity index (χ0n) is 14.5. The van der Waals surface area contributed by atoms with E-state index in [9.17, 15) is 14.4 Å². The van der Waals surface area contributed by atoms with Gasteiger partial charge in [0.15, 0.2) is 0 Å². The lowest BCUT2D eigenvalue weighted by Gasteiger charge is -2.05. The Kier molecular flexibility index (Phi) is 6.69.